The summed E-state index contributed by atoms with van der Waals surface area (Å²) in [4.78, 5) is 23.3. The first-order chi connectivity index (χ1) is 10.0. The van der Waals surface area contributed by atoms with E-state index in [1.165, 1.54) is 6.20 Å². The highest BCUT2D eigenvalue weighted by Crippen LogP contribution is 2.13. The highest BCUT2D eigenvalue weighted by atomic mass is 19.1. The Balaban J connectivity index is 2.17. The van der Waals surface area contributed by atoms with E-state index in [1.54, 1.807) is 6.92 Å². The van der Waals surface area contributed by atoms with E-state index < -0.39 is 23.4 Å². The summed E-state index contributed by atoms with van der Waals surface area (Å²) in [6.07, 6.45) is 1.20. The zero-order valence-corrected chi connectivity index (χ0v) is 11.0. The molecule has 2 rings (SSSR count). The second-order valence-electron chi connectivity index (χ2n) is 4.06. The molecule has 1 heterocycles. The summed E-state index contributed by atoms with van der Waals surface area (Å²) in [5.74, 6) is -3.05. The molecule has 0 aliphatic heterocycles. The van der Waals surface area contributed by atoms with Gasteiger partial charge in [-0.3, -0.25) is 9.59 Å². The molecule has 0 amide bonds. The van der Waals surface area contributed by atoms with Gasteiger partial charge in [0.05, 0.1) is 18.4 Å². The number of benzene rings is 1. The minimum absolute atomic E-state index is 0.148. The molecule has 0 atom stereocenters. The predicted octanol–water partition coefficient (Wildman–Crippen LogP) is 1.35. The molecule has 2 aromatic rings. The number of rotatable bonds is 5. The van der Waals surface area contributed by atoms with Gasteiger partial charge in [0.2, 0.25) is 5.78 Å². The summed E-state index contributed by atoms with van der Waals surface area (Å²) in [5.41, 5.74) is -0.468. The van der Waals surface area contributed by atoms with Crippen LogP contribution in [0.25, 0.3) is 0 Å². The van der Waals surface area contributed by atoms with Crippen LogP contribution in [-0.2, 0) is 16.1 Å². The Morgan fingerprint density at radius 2 is 2.10 bits per heavy atom. The van der Waals surface area contributed by atoms with Gasteiger partial charge in [-0.1, -0.05) is 5.21 Å². The van der Waals surface area contributed by atoms with Crippen LogP contribution in [0.3, 0.4) is 0 Å². The Hall–Kier alpha value is -2.64. The first-order valence-electron chi connectivity index (χ1n) is 6.06. The minimum atomic E-state index is -0.986. The number of ketones is 1. The monoisotopic (exact) mass is 295 g/mol. The van der Waals surface area contributed by atoms with Crippen LogP contribution in [0.5, 0.6) is 0 Å². The lowest BCUT2D eigenvalue weighted by Crippen LogP contribution is -2.13. The summed E-state index contributed by atoms with van der Waals surface area (Å²) in [6.45, 7) is 1.67. The molecule has 8 heteroatoms. The highest BCUT2D eigenvalue weighted by molar-refractivity contribution is 6.07. The van der Waals surface area contributed by atoms with Crippen molar-refractivity contribution in [1.29, 1.82) is 0 Å². The fraction of sp³-hybridized carbons (Fsp3) is 0.231. The first-order valence-corrected chi connectivity index (χ1v) is 6.06. The molecule has 0 fully saturated rings. The fourth-order valence-electron chi connectivity index (χ4n) is 1.63. The van der Waals surface area contributed by atoms with Gasteiger partial charge in [0.25, 0.3) is 0 Å². The summed E-state index contributed by atoms with van der Waals surface area (Å²) in [5, 5.41) is 7.15. The molecule has 0 saturated carbocycles. The lowest BCUT2D eigenvalue weighted by atomic mass is 10.1. The standard InChI is InChI=1S/C13H11F2N3O3/c1-2-21-12(19)7-18-6-11(16-17-18)13(20)9-4-3-8(14)5-10(9)15/h3-6H,2,7H2,1H3. The van der Waals surface area contributed by atoms with Gasteiger partial charge in [0, 0.05) is 6.07 Å². The second kappa shape index (κ2) is 6.21. The Morgan fingerprint density at radius 3 is 2.76 bits per heavy atom. The summed E-state index contributed by atoms with van der Waals surface area (Å²) >= 11 is 0. The average molecular weight is 295 g/mol. The van der Waals surface area contributed by atoms with E-state index >= 15 is 0 Å². The molecule has 0 radical (unpaired) electrons. The number of carbonyl (C=O) groups excluding carboxylic acids is 2. The second-order valence-corrected chi connectivity index (χ2v) is 4.06. The van der Waals surface area contributed by atoms with Crippen molar-refractivity contribution in [3.8, 4) is 0 Å². The Bertz CT molecular complexity index is 685. The van der Waals surface area contributed by atoms with Crippen molar-refractivity contribution in [2.45, 2.75) is 13.5 Å². The SMILES string of the molecule is CCOC(=O)Cn1cc(C(=O)c2ccc(F)cc2F)nn1. The number of hydrogen-bond donors (Lipinski definition) is 0. The minimum Gasteiger partial charge on any atom is -0.465 e. The molecule has 0 aliphatic rings. The number of hydrogen-bond acceptors (Lipinski definition) is 5. The van der Waals surface area contributed by atoms with Crippen LogP contribution in [0.2, 0.25) is 0 Å². The van der Waals surface area contributed by atoms with Crippen molar-refractivity contribution < 1.29 is 23.1 Å². The number of ether oxygens (including phenoxy) is 1. The Labute approximate surface area is 118 Å². The summed E-state index contributed by atoms with van der Waals surface area (Å²) in [7, 11) is 0. The van der Waals surface area contributed by atoms with Gasteiger partial charge in [0.1, 0.15) is 18.2 Å². The van der Waals surface area contributed by atoms with Crippen LogP contribution in [-0.4, -0.2) is 33.4 Å². The van der Waals surface area contributed by atoms with E-state index in [0.29, 0.717) is 6.07 Å². The normalized spacial score (nSPS) is 10.4. The molecule has 21 heavy (non-hydrogen) atoms. The Morgan fingerprint density at radius 1 is 1.33 bits per heavy atom. The smallest absolute Gasteiger partial charge is 0.327 e. The molecule has 0 unspecified atom stereocenters. The molecular weight excluding hydrogens is 284 g/mol. The maximum absolute atomic E-state index is 13.5. The summed E-state index contributed by atoms with van der Waals surface area (Å²) < 4.78 is 32.1. The molecule has 6 nitrogen and oxygen atoms in total. The zero-order valence-electron chi connectivity index (χ0n) is 11.0. The van der Waals surface area contributed by atoms with E-state index in [4.69, 9.17) is 4.74 Å². The van der Waals surface area contributed by atoms with Crippen LogP contribution in [0.15, 0.2) is 24.4 Å². The van der Waals surface area contributed by atoms with Gasteiger partial charge >= 0.3 is 5.97 Å². The van der Waals surface area contributed by atoms with Crippen molar-refractivity contribution in [3.05, 3.63) is 47.3 Å². The van der Waals surface area contributed by atoms with Crippen LogP contribution < -0.4 is 0 Å². The molecular formula is C13H11F2N3O3. The number of halogens is 2. The van der Waals surface area contributed by atoms with Crippen molar-refractivity contribution in [1.82, 2.24) is 15.0 Å². The molecule has 0 N–H and O–H groups in total. The van der Waals surface area contributed by atoms with E-state index in [9.17, 15) is 18.4 Å². The zero-order chi connectivity index (χ0) is 15.4. The quantitative estimate of drug-likeness (QED) is 0.615. The van der Waals surface area contributed by atoms with Gasteiger partial charge in [0.15, 0.2) is 5.69 Å². The largest absolute Gasteiger partial charge is 0.465 e. The van der Waals surface area contributed by atoms with Crippen LogP contribution >= 0.6 is 0 Å². The maximum Gasteiger partial charge on any atom is 0.327 e. The third kappa shape index (κ3) is 3.47. The molecule has 0 spiro atoms. The van der Waals surface area contributed by atoms with Crippen LogP contribution in [0, 0.1) is 11.6 Å². The van der Waals surface area contributed by atoms with E-state index in [-0.39, 0.29) is 24.4 Å². The Kier molecular flexibility index (Phi) is 4.36. The number of esters is 1. The van der Waals surface area contributed by atoms with Gasteiger partial charge in [-0.25, -0.2) is 13.5 Å². The molecule has 1 aromatic heterocycles. The van der Waals surface area contributed by atoms with Crippen molar-refractivity contribution in [2.75, 3.05) is 6.61 Å². The van der Waals surface area contributed by atoms with E-state index in [1.807, 2.05) is 0 Å². The number of aromatic nitrogens is 3. The molecule has 0 saturated heterocycles. The highest BCUT2D eigenvalue weighted by Gasteiger charge is 2.18. The average Bonchev–Trinajstić information content (AvgIpc) is 2.86. The van der Waals surface area contributed by atoms with Crippen LogP contribution in [0.4, 0.5) is 8.78 Å². The lowest BCUT2D eigenvalue weighted by molar-refractivity contribution is -0.144. The number of carbonyl (C=O) groups is 2. The van der Waals surface area contributed by atoms with E-state index in [2.05, 4.69) is 10.3 Å². The fourth-order valence-corrected chi connectivity index (χ4v) is 1.63. The first kappa shape index (κ1) is 14.8. The maximum atomic E-state index is 13.5. The molecule has 110 valence electrons. The lowest BCUT2D eigenvalue weighted by Gasteiger charge is -2.00. The molecule has 0 aliphatic carbocycles. The topological polar surface area (TPSA) is 74.1 Å². The van der Waals surface area contributed by atoms with Gasteiger partial charge in [-0.15, -0.1) is 5.10 Å². The van der Waals surface area contributed by atoms with Gasteiger partial charge in [-0.05, 0) is 19.1 Å². The summed E-state index contributed by atoms with van der Waals surface area (Å²) in [6, 6.07) is 2.60. The van der Waals surface area contributed by atoms with Crippen molar-refractivity contribution in [2.24, 2.45) is 0 Å². The van der Waals surface area contributed by atoms with Crippen molar-refractivity contribution in [3.63, 3.8) is 0 Å². The van der Waals surface area contributed by atoms with Crippen molar-refractivity contribution >= 4 is 11.8 Å². The molecule has 1 aromatic carbocycles. The van der Waals surface area contributed by atoms with E-state index in [0.717, 1.165) is 16.8 Å². The number of nitrogens with zero attached hydrogens (tertiary/aromatic N) is 3. The van der Waals surface area contributed by atoms with Crippen LogP contribution in [0.1, 0.15) is 23.0 Å². The van der Waals surface area contributed by atoms with Gasteiger partial charge < -0.3 is 4.74 Å². The predicted molar refractivity (Wildman–Crippen MR) is 66.4 cm³/mol. The van der Waals surface area contributed by atoms with Gasteiger partial charge in [-0.2, -0.15) is 0 Å². The third-order valence-electron chi connectivity index (χ3n) is 2.54. The third-order valence-corrected chi connectivity index (χ3v) is 2.54. The molecule has 0 bridgehead atoms.